The monoisotopic (exact) mass is 249 g/mol. The summed E-state index contributed by atoms with van der Waals surface area (Å²) in [6.07, 6.45) is 0. The predicted molar refractivity (Wildman–Crippen MR) is 65.5 cm³/mol. The zero-order chi connectivity index (χ0) is 13.1. The molecule has 0 aliphatic heterocycles. The Balaban J connectivity index is 2.25. The van der Waals surface area contributed by atoms with Gasteiger partial charge in [0, 0.05) is 6.54 Å². The lowest BCUT2D eigenvalue weighted by molar-refractivity contribution is 0.440. The van der Waals surface area contributed by atoms with Crippen LogP contribution in [0.5, 0.6) is 11.5 Å². The molecule has 94 valence electrons. The number of halogens is 2. The molecule has 0 radical (unpaired) electrons. The highest BCUT2D eigenvalue weighted by Crippen LogP contribution is 2.26. The molecule has 0 aliphatic carbocycles. The summed E-state index contributed by atoms with van der Waals surface area (Å²) in [5.41, 5.74) is 6.55. The van der Waals surface area contributed by atoms with Crippen molar-refractivity contribution in [1.29, 1.82) is 0 Å². The van der Waals surface area contributed by atoms with E-state index >= 15 is 0 Å². The summed E-state index contributed by atoms with van der Waals surface area (Å²) < 4.78 is 32.1. The lowest BCUT2D eigenvalue weighted by atomic mass is 10.2. The molecule has 0 fully saturated rings. The molecule has 2 nitrogen and oxygen atoms in total. The number of hydrogen-bond acceptors (Lipinski definition) is 2. The van der Waals surface area contributed by atoms with Crippen molar-refractivity contribution in [3.05, 3.63) is 59.2 Å². The van der Waals surface area contributed by atoms with E-state index in [-0.39, 0.29) is 18.1 Å². The van der Waals surface area contributed by atoms with Crippen molar-refractivity contribution in [2.75, 3.05) is 0 Å². The molecule has 2 rings (SSSR count). The zero-order valence-electron chi connectivity index (χ0n) is 9.91. The second-order valence-electron chi connectivity index (χ2n) is 3.98. The van der Waals surface area contributed by atoms with E-state index in [1.807, 2.05) is 0 Å². The Labute approximate surface area is 104 Å². The van der Waals surface area contributed by atoms with Crippen molar-refractivity contribution in [1.82, 2.24) is 0 Å². The zero-order valence-corrected chi connectivity index (χ0v) is 9.91. The molecule has 2 aromatic carbocycles. The summed E-state index contributed by atoms with van der Waals surface area (Å²) in [6.45, 7) is 1.89. The maximum Gasteiger partial charge on any atom is 0.166 e. The third kappa shape index (κ3) is 2.65. The van der Waals surface area contributed by atoms with Crippen LogP contribution in [0.3, 0.4) is 0 Å². The molecule has 0 aromatic heterocycles. The van der Waals surface area contributed by atoms with Crippen LogP contribution in [0, 0.1) is 18.6 Å². The maximum atomic E-state index is 13.6. The van der Waals surface area contributed by atoms with Crippen LogP contribution in [0.1, 0.15) is 11.1 Å². The van der Waals surface area contributed by atoms with Crippen molar-refractivity contribution in [2.24, 2.45) is 5.73 Å². The van der Waals surface area contributed by atoms with Crippen molar-refractivity contribution in [3.63, 3.8) is 0 Å². The first-order chi connectivity index (χ1) is 8.60. The molecule has 2 N–H and O–H groups in total. The Kier molecular flexibility index (Phi) is 3.58. The molecule has 0 saturated carbocycles. The smallest absolute Gasteiger partial charge is 0.166 e. The Hall–Kier alpha value is -1.94. The predicted octanol–water partition coefficient (Wildman–Crippen LogP) is 3.52. The molecule has 0 aliphatic rings. The average molecular weight is 249 g/mol. The lowest BCUT2D eigenvalue weighted by Gasteiger charge is -2.08. The van der Waals surface area contributed by atoms with Crippen LogP contribution in [0.2, 0.25) is 0 Å². The molecule has 0 unspecified atom stereocenters. The Morgan fingerprint density at radius 3 is 2.44 bits per heavy atom. The largest absolute Gasteiger partial charge is 0.454 e. The van der Waals surface area contributed by atoms with E-state index < -0.39 is 5.82 Å². The van der Waals surface area contributed by atoms with Crippen LogP contribution in [-0.4, -0.2) is 0 Å². The minimum Gasteiger partial charge on any atom is -0.454 e. The third-order valence-corrected chi connectivity index (χ3v) is 2.59. The van der Waals surface area contributed by atoms with E-state index in [9.17, 15) is 8.78 Å². The summed E-state index contributed by atoms with van der Waals surface area (Å²) in [5.74, 6) is -0.312. The highest BCUT2D eigenvalue weighted by Gasteiger charge is 2.07. The van der Waals surface area contributed by atoms with Gasteiger partial charge in [-0.1, -0.05) is 6.07 Å². The fraction of sp³-hybridized carbons (Fsp3) is 0.143. The second kappa shape index (κ2) is 5.14. The number of ether oxygens (including phenoxy) is 1. The number of aryl methyl sites for hydroxylation is 1. The van der Waals surface area contributed by atoms with Crippen molar-refractivity contribution in [3.8, 4) is 11.5 Å². The molecule has 0 amide bonds. The summed E-state index contributed by atoms with van der Waals surface area (Å²) >= 11 is 0. The fourth-order valence-electron chi connectivity index (χ4n) is 1.56. The number of benzene rings is 2. The Bertz CT molecular complexity index is 570. The normalized spacial score (nSPS) is 10.4. The SMILES string of the molecule is Cc1cc(Oc2ccc(CN)cc2F)ccc1F. The van der Waals surface area contributed by atoms with Gasteiger partial charge in [0.05, 0.1) is 0 Å². The molecule has 0 atom stereocenters. The van der Waals surface area contributed by atoms with Gasteiger partial charge in [0.1, 0.15) is 11.6 Å². The van der Waals surface area contributed by atoms with Crippen LogP contribution in [0.4, 0.5) is 8.78 Å². The van der Waals surface area contributed by atoms with Gasteiger partial charge in [-0.25, -0.2) is 8.78 Å². The molecule has 18 heavy (non-hydrogen) atoms. The summed E-state index contributed by atoms with van der Waals surface area (Å²) in [7, 11) is 0. The molecule has 0 bridgehead atoms. The standard InChI is InChI=1S/C14H13F2NO/c1-9-6-11(3-4-12(9)15)18-14-5-2-10(8-17)7-13(14)16/h2-7H,8,17H2,1H3. The molecule has 0 spiro atoms. The van der Waals surface area contributed by atoms with Gasteiger partial charge >= 0.3 is 0 Å². The number of hydrogen-bond donors (Lipinski definition) is 1. The Morgan fingerprint density at radius 2 is 1.83 bits per heavy atom. The first-order valence-electron chi connectivity index (χ1n) is 5.52. The topological polar surface area (TPSA) is 35.2 Å². The van der Waals surface area contributed by atoms with Crippen molar-refractivity contribution >= 4 is 0 Å². The molecule has 0 saturated heterocycles. The van der Waals surface area contributed by atoms with E-state index in [4.69, 9.17) is 10.5 Å². The molecular formula is C14H13F2NO. The summed E-state index contributed by atoms with van der Waals surface area (Å²) in [5, 5.41) is 0. The molecule has 4 heteroatoms. The van der Waals surface area contributed by atoms with Gasteiger partial charge in [0.25, 0.3) is 0 Å². The first kappa shape index (κ1) is 12.5. The Morgan fingerprint density at radius 1 is 1.06 bits per heavy atom. The van der Waals surface area contributed by atoms with E-state index in [1.165, 1.54) is 30.3 Å². The van der Waals surface area contributed by atoms with Gasteiger partial charge < -0.3 is 10.5 Å². The van der Waals surface area contributed by atoms with Crippen LogP contribution < -0.4 is 10.5 Å². The van der Waals surface area contributed by atoms with Gasteiger partial charge in [-0.2, -0.15) is 0 Å². The van der Waals surface area contributed by atoms with E-state index in [2.05, 4.69) is 0 Å². The lowest BCUT2D eigenvalue weighted by Crippen LogP contribution is -1.97. The van der Waals surface area contributed by atoms with E-state index in [0.717, 1.165) is 0 Å². The van der Waals surface area contributed by atoms with Gasteiger partial charge in [0.15, 0.2) is 11.6 Å². The number of rotatable bonds is 3. The van der Waals surface area contributed by atoms with Gasteiger partial charge in [-0.3, -0.25) is 0 Å². The third-order valence-electron chi connectivity index (χ3n) is 2.59. The van der Waals surface area contributed by atoms with Crippen LogP contribution in [-0.2, 0) is 6.54 Å². The van der Waals surface area contributed by atoms with E-state index in [0.29, 0.717) is 16.9 Å². The number of nitrogens with two attached hydrogens (primary N) is 1. The van der Waals surface area contributed by atoms with Crippen molar-refractivity contribution in [2.45, 2.75) is 13.5 Å². The fourth-order valence-corrected chi connectivity index (χ4v) is 1.56. The van der Waals surface area contributed by atoms with Crippen molar-refractivity contribution < 1.29 is 13.5 Å². The molecule has 0 heterocycles. The highest BCUT2D eigenvalue weighted by molar-refractivity contribution is 5.36. The molecular weight excluding hydrogens is 236 g/mol. The second-order valence-corrected chi connectivity index (χ2v) is 3.98. The summed E-state index contributed by atoms with van der Waals surface area (Å²) in [6, 6.07) is 8.79. The average Bonchev–Trinajstić information content (AvgIpc) is 2.36. The van der Waals surface area contributed by atoms with Crippen LogP contribution in [0.15, 0.2) is 36.4 Å². The van der Waals surface area contributed by atoms with Crippen LogP contribution >= 0.6 is 0 Å². The van der Waals surface area contributed by atoms with E-state index in [1.54, 1.807) is 13.0 Å². The highest BCUT2D eigenvalue weighted by atomic mass is 19.1. The molecule has 2 aromatic rings. The minimum atomic E-state index is -0.486. The van der Waals surface area contributed by atoms with Crippen LogP contribution in [0.25, 0.3) is 0 Å². The quantitative estimate of drug-likeness (QED) is 0.903. The first-order valence-corrected chi connectivity index (χ1v) is 5.52. The van der Waals surface area contributed by atoms with Gasteiger partial charge in [-0.05, 0) is 48.4 Å². The van der Waals surface area contributed by atoms with Gasteiger partial charge in [0.2, 0.25) is 0 Å². The maximum absolute atomic E-state index is 13.6. The summed E-state index contributed by atoms with van der Waals surface area (Å²) in [4.78, 5) is 0. The minimum absolute atomic E-state index is 0.0956. The van der Waals surface area contributed by atoms with Gasteiger partial charge in [-0.15, -0.1) is 0 Å².